The minimum Gasteiger partial charge on any atom is -0.394 e. The number of rotatable bonds is 5. The first-order valence-corrected chi connectivity index (χ1v) is 8.41. The normalized spacial score (nSPS) is 31.8. The summed E-state index contributed by atoms with van der Waals surface area (Å²) in [6.45, 7) is 10.5. The molecule has 2 rings (SSSR count). The number of carbonyl (C=O) groups is 1. The third-order valence-electron chi connectivity index (χ3n) is 5.33. The van der Waals surface area contributed by atoms with Crippen LogP contribution in [0.3, 0.4) is 0 Å². The third kappa shape index (κ3) is 3.76. The lowest BCUT2D eigenvalue weighted by Crippen LogP contribution is -2.49. The maximum atomic E-state index is 12.1. The molecule has 2 aliphatic heterocycles. The highest BCUT2D eigenvalue weighted by atomic mass is 16.3. The van der Waals surface area contributed by atoms with E-state index in [-0.39, 0.29) is 18.6 Å². The van der Waals surface area contributed by atoms with Gasteiger partial charge in [-0.05, 0) is 18.9 Å². The molecule has 21 heavy (non-hydrogen) atoms. The van der Waals surface area contributed by atoms with Gasteiger partial charge in [0.05, 0.1) is 12.6 Å². The molecule has 2 saturated heterocycles. The van der Waals surface area contributed by atoms with Gasteiger partial charge < -0.3 is 19.8 Å². The summed E-state index contributed by atoms with van der Waals surface area (Å²) in [7, 11) is 2.17. The Balaban J connectivity index is 2.02. The first kappa shape index (κ1) is 16.7. The van der Waals surface area contributed by atoms with Crippen molar-refractivity contribution in [3.05, 3.63) is 0 Å². The molecular weight excluding hydrogens is 266 g/mol. The zero-order chi connectivity index (χ0) is 15.4. The number of nitrogens with zero attached hydrogens (tertiary/aromatic N) is 3. The summed E-state index contributed by atoms with van der Waals surface area (Å²) in [5.41, 5.74) is 0. The predicted octanol–water partition coefficient (Wildman–Crippen LogP) is 0.489. The standard InChI is InChI=1S/C16H31N3O2/c1-4-13-10-19(16(21)5-2)15(12-20)14(13)11-18-8-6-17(3)7-9-18/h13-15,20H,4-12H2,1-3H3/t13-,14-,15-/m1/s1. The molecule has 2 fully saturated rings. The summed E-state index contributed by atoms with van der Waals surface area (Å²) in [6, 6.07) is 0.0158. The van der Waals surface area contributed by atoms with Crippen LogP contribution in [0.4, 0.5) is 0 Å². The van der Waals surface area contributed by atoms with E-state index in [1.807, 2.05) is 11.8 Å². The van der Waals surface area contributed by atoms with E-state index in [0.717, 1.165) is 45.7 Å². The van der Waals surface area contributed by atoms with E-state index in [2.05, 4.69) is 23.8 Å². The fourth-order valence-electron chi connectivity index (χ4n) is 3.82. The van der Waals surface area contributed by atoms with Gasteiger partial charge in [-0.25, -0.2) is 0 Å². The molecular formula is C16H31N3O2. The van der Waals surface area contributed by atoms with Gasteiger partial charge in [-0.1, -0.05) is 20.3 Å². The van der Waals surface area contributed by atoms with Crippen molar-refractivity contribution in [3.8, 4) is 0 Å². The van der Waals surface area contributed by atoms with Gasteiger partial charge in [-0.15, -0.1) is 0 Å². The number of hydrogen-bond donors (Lipinski definition) is 1. The second-order valence-corrected chi connectivity index (χ2v) is 6.59. The third-order valence-corrected chi connectivity index (χ3v) is 5.33. The van der Waals surface area contributed by atoms with Gasteiger partial charge in [-0.3, -0.25) is 4.79 Å². The van der Waals surface area contributed by atoms with Gasteiger partial charge in [0.15, 0.2) is 0 Å². The highest BCUT2D eigenvalue weighted by Gasteiger charge is 2.42. The smallest absolute Gasteiger partial charge is 0.222 e. The van der Waals surface area contributed by atoms with E-state index in [0.29, 0.717) is 18.3 Å². The highest BCUT2D eigenvalue weighted by molar-refractivity contribution is 5.76. The van der Waals surface area contributed by atoms with Gasteiger partial charge in [0.25, 0.3) is 0 Å². The maximum absolute atomic E-state index is 12.1. The summed E-state index contributed by atoms with van der Waals surface area (Å²) >= 11 is 0. The Morgan fingerprint density at radius 2 is 1.86 bits per heavy atom. The Labute approximate surface area is 128 Å². The maximum Gasteiger partial charge on any atom is 0.222 e. The Hall–Kier alpha value is -0.650. The van der Waals surface area contributed by atoms with Crippen LogP contribution in [-0.4, -0.2) is 84.7 Å². The zero-order valence-corrected chi connectivity index (χ0v) is 13.8. The zero-order valence-electron chi connectivity index (χ0n) is 13.8. The van der Waals surface area contributed by atoms with E-state index < -0.39 is 0 Å². The van der Waals surface area contributed by atoms with E-state index in [1.54, 1.807) is 0 Å². The second-order valence-electron chi connectivity index (χ2n) is 6.59. The van der Waals surface area contributed by atoms with E-state index in [4.69, 9.17) is 0 Å². The van der Waals surface area contributed by atoms with Gasteiger partial charge >= 0.3 is 0 Å². The summed E-state index contributed by atoms with van der Waals surface area (Å²) in [6.07, 6.45) is 1.62. The average Bonchev–Trinajstić information content (AvgIpc) is 2.86. The van der Waals surface area contributed by atoms with E-state index in [9.17, 15) is 9.90 Å². The Morgan fingerprint density at radius 3 is 2.38 bits per heavy atom. The van der Waals surface area contributed by atoms with Crippen LogP contribution in [0, 0.1) is 11.8 Å². The Kier molecular flexibility index (Phi) is 6.02. The minimum atomic E-state index is 0.0158. The topological polar surface area (TPSA) is 47.0 Å². The Bertz CT molecular complexity index is 342. The molecule has 5 heteroatoms. The lowest BCUT2D eigenvalue weighted by Gasteiger charge is -2.36. The molecule has 0 aromatic rings. The number of amides is 1. The summed E-state index contributed by atoms with van der Waals surface area (Å²) in [5.74, 6) is 1.13. The number of hydrogen-bond acceptors (Lipinski definition) is 4. The number of aliphatic hydroxyl groups is 1. The monoisotopic (exact) mass is 297 g/mol. The van der Waals surface area contributed by atoms with E-state index in [1.165, 1.54) is 0 Å². The number of aliphatic hydroxyl groups excluding tert-OH is 1. The van der Waals surface area contributed by atoms with E-state index >= 15 is 0 Å². The molecule has 0 spiro atoms. The lowest BCUT2D eigenvalue weighted by molar-refractivity contribution is -0.133. The lowest BCUT2D eigenvalue weighted by atomic mass is 9.88. The van der Waals surface area contributed by atoms with Crippen LogP contribution >= 0.6 is 0 Å². The SMILES string of the molecule is CCC(=O)N1C[C@@H](CC)[C@@H](CN2CCN(C)CC2)[C@H]1CO. The molecule has 1 N–H and O–H groups in total. The molecule has 5 nitrogen and oxygen atoms in total. The molecule has 3 atom stereocenters. The second kappa shape index (κ2) is 7.56. The van der Waals surface area contributed by atoms with Crippen LogP contribution in [0.2, 0.25) is 0 Å². The quantitative estimate of drug-likeness (QED) is 0.802. The first-order valence-electron chi connectivity index (χ1n) is 8.41. The first-order chi connectivity index (χ1) is 10.1. The molecule has 1 amide bonds. The average molecular weight is 297 g/mol. The van der Waals surface area contributed by atoms with Crippen LogP contribution in [-0.2, 0) is 4.79 Å². The van der Waals surface area contributed by atoms with Crippen molar-refractivity contribution in [2.75, 3.05) is 52.9 Å². The molecule has 2 heterocycles. The molecule has 0 aromatic heterocycles. The molecule has 0 radical (unpaired) electrons. The predicted molar refractivity (Wildman–Crippen MR) is 84.1 cm³/mol. The summed E-state index contributed by atoms with van der Waals surface area (Å²) < 4.78 is 0. The van der Waals surface area contributed by atoms with Crippen molar-refractivity contribution >= 4 is 5.91 Å². The fourth-order valence-corrected chi connectivity index (χ4v) is 3.82. The molecule has 0 saturated carbocycles. The summed E-state index contributed by atoms with van der Waals surface area (Å²) in [5, 5.41) is 9.82. The number of piperazine rings is 1. The molecule has 122 valence electrons. The molecule has 0 unspecified atom stereocenters. The van der Waals surface area contributed by atoms with Crippen LogP contribution in [0.15, 0.2) is 0 Å². The van der Waals surface area contributed by atoms with Gasteiger partial charge in [0.2, 0.25) is 5.91 Å². The van der Waals surface area contributed by atoms with Gasteiger partial charge in [-0.2, -0.15) is 0 Å². The summed E-state index contributed by atoms with van der Waals surface area (Å²) in [4.78, 5) is 18.9. The minimum absolute atomic E-state index is 0.0158. The van der Waals surface area contributed by atoms with Crippen LogP contribution in [0.25, 0.3) is 0 Å². The van der Waals surface area contributed by atoms with Gasteiger partial charge in [0.1, 0.15) is 0 Å². The highest BCUT2D eigenvalue weighted by Crippen LogP contribution is 2.33. The van der Waals surface area contributed by atoms with Crippen LogP contribution in [0.1, 0.15) is 26.7 Å². The molecule has 0 aromatic carbocycles. The van der Waals surface area contributed by atoms with Crippen molar-refractivity contribution in [2.45, 2.75) is 32.7 Å². The fraction of sp³-hybridized carbons (Fsp3) is 0.938. The largest absolute Gasteiger partial charge is 0.394 e. The molecule has 0 aliphatic carbocycles. The van der Waals surface area contributed by atoms with Crippen molar-refractivity contribution in [1.82, 2.24) is 14.7 Å². The number of carbonyl (C=O) groups excluding carboxylic acids is 1. The van der Waals surface area contributed by atoms with Crippen molar-refractivity contribution in [1.29, 1.82) is 0 Å². The van der Waals surface area contributed by atoms with Gasteiger partial charge in [0, 0.05) is 45.7 Å². The number of likely N-dealkylation sites (tertiary alicyclic amines) is 1. The van der Waals surface area contributed by atoms with Crippen molar-refractivity contribution in [2.24, 2.45) is 11.8 Å². The number of likely N-dealkylation sites (N-methyl/N-ethyl adjacent to an activating group) is 1. The van der Waals surface area contributed by atoms with Crippen LogP contribution in [0.5, 0.6) is 0 Å². The molecule has 2 aliphatic rings. The van der Waals surface area contributed by atoms with Crippen LogP contribution < -0.4 is 0 Å². The molecule has 0 bridgehead atoms. The Morgan fingerprint density at radius 1 is 1.19 bits per heavy atom. The van der Waals surface area contributed by atoms with Crippen molar-refractivity contribution in [3.63, 3.8) is 0 Å². The van der Waals surface area contributed by atoms with Crippen molar-refractivity contribution < 1.29 is 9.90 Å².